The maximum atomic E-state index is 13.0. The first-order valence-corrected chi connectivity index (χ1v) is 44.5. The van der Waals surface area contributed by atoms with Crippen molar-refractivity contribution in [1.82, 2.24) is 10.2 Å². The van der Waals surface area contributed by atoms with Gasteiger partial charge in [0, 0.05) is 45.6 Å². The van der Waals surface area contributed by atoms with Crippen molar-refractivity contribution in [3.05, 3.63) is 29.8 Å². The molecule has 0 saturated heterocycles. The van der Waals surface area contributed by atoms with Crippen molar-refractivity contribution >= 4 is 52.3 Å². The molecule has 8 aliphatic carbocycles. The molecule has 10 N–H and O–H groups in total. The van der Waals surface area contributed by atoms with E-state index in [4.69, 9.17) is 15.0 Å². The molecule has 1 aromatic carbocycles. The van der Waals surface area contributed by atoms with Gasteiger partial charge < -0.3 is 65.4 Å². The van der Waals surface area contributed by atoms with Gasteiger partial charge in [0.25, 0.3) is 10.1 Å². The fraction of sp³-hybridized carbons (Fsp3) is 0.892. The molecular formula is C74H130F4N3Na3O21S4. The Balaban J connectivity index is 0.00000144. The number of benzene rings is 1. The molecule has 0 radical (unpaired) electrons. The molecule has 0 heterocycles. The van der Waals surface area contributed by atoms with Gasteiger partial charge in [-0.25, -0.2) is 34.0 Å². The third-order valence-electron chi connectivity index (χ3n) is 25.3. The molecule has 24 nitrogen and oxygen atoms in total. The summed E-state index contributed by atoms with van der Waals surface area (Å²) in [5, 5.41) is 77.8. The van der Waals surface area contributed by atoms with E-state index in [9.17, 15) is 105 Å². The minimum atomic E-state index is -4.50. The van der Waals surface area contributed by atoms with Gasteiger partial charge in [-0.1, -0.05) is 80.0 Å². The maximum Gasteiger partial charge on any atom is 1.00 e. The van der Waals surface area contributed by atoms with E-state index in [0.717, 1.165) is 87.5 Å². The summed E-state index contributed by atoms with van der Waals surface area (Å²) in [5.74, 6) is 0.0250. The number of aliphatic carboxylic acids is 1. The number of nitrogens with zero attached hydrogens (tertiary/aromatic N) is 1. The van der Waals surface area contributed by atoms with Gasteiger partial charge in [-0.2, -0.15) is 8.42 Å². The van der Waals surface area contributed by atoms with Gasteiger partial charge in [0.2, 0.25) is 5.91 Å². The summed E-state index contributed by atoms with van der Waals surface area (Å²) in [6, 6.07) is 6.62. The summed E-state index contributed by atoms with van der Waals surface area (Å²) in [7, 11) is -16.2. The van der Waals surface area contributed by atoms with Crippen molar-refractivity contribution < 1.29 is 203 Å². The summed E-state index contributed by atoms with van der Waals surface area (Å²) < 4.78 is 165. The van der Waals surface area contributed by atoms with Gasteiger partial charge in [0.15, 0.2) is 0 Å². The summed E-state index contributed by atoms with van der Waals surface area (Å²) in [5.41, 5.74) is 5.25. The second-order valence-electron chi connectivity index (χ2n) is 32.0. The normalized spacial score (nSPS) is 33.1. The van der Waals surface area contributed by atoms with Crippen LogP contribution in [0.5, 0.6) is 0 Å². The number of hydrogen-bond donors (Lipinski definition) is 9. The van der Waals surface area contributed by atoms with Gasteiger partial charge in [-0.15, -0.1) is 0 Å². The molecule has 1 amide bonds. The van der Waals surface area contributed by atoms with Crippen LogP contribution in [0, 0.1) is 99.6 Å². The average Bonchev–Trinajstić information content (AvgIpc) is 1.68. The van der Waals surface area contributed by atoms with Crippen LogP contribution in [-0.4, -0.2) is 220 Å². The number of rotatable bonds is 26. The monoisotopic (exact) mass is 1670 g/mol. The predicted molar refractivity (Wildman–Crippen MR) is 394 cm³/mol. The van der Waals surface area contributed by atoms with E-state index < -0.39 is 95.4 Å². The second-order valence-corrected chi connectivity index (χ2v) is 38.2. The molecule has 22 atom stereocenters. The Labute approximate surface area is 716 Å². The number of hydrogen-bond acceptors (Lipinski definition) is 22. The molecule has 8 saturated carbocycles. The maximum absolute atomic E-state index is 13.0. The van der Waals surface area contributed by atoms with Crippen LogP contribution in [0.1, 0.15) is 203 Å². The van der Waals surface area contributed by atoms with Crippen LogP contribution in [0.15, 0.2) is 29.2 Å². The first-order chi connectivity index (χ1) is 49.3. The minimum absolute atomic E-state index is 0. The molecule has 11 unspecified atom stereocenters. The van der Waals surface area contributed by atoms with Crippen LogP contribution in [0.4, 0.5) is 17.6 Å². The summed E-state index contributed by atoms with van der Waals surface area (Å²) in [6.45, 7) is 18.7. The largest absolute Gasteiger partial charge is 1.00 e. The van der Waals surface area contributed by atoms with E-state index in [1.54, 1.807) is 38.1 Å². The number of halogens is 4. The number of carbonyl (C=O) groups is 2. The number of amides is 1. The zero-order valence-electron chi connectivity index (χ0n) is 67.3. The number of nitrogens with one attached hydrogen (secondary N) is 1. The molecule has 9 rings (SSSR count). The second kappa shape index (κ2) is 50.3. The predicted octanol–water partition coefficient (Wildman–Crippen LogP) is -0.409. The topological polar surface area (TPSA) is 432 Å². The van der Waals surface area contributed by atoms with Gasteiger partial charge in [-0.05, 0) is 234 Å². The number of aryl methyl sites for hydroxylation is 1. The Morgan fingerprint density at radius 1 is 0.569 bits per heavy atom. The number of carbonyl (C=O) groups excluding carboxylic acids is 1. The molecule has 8 fully saturated rings. The van der Waals surface area contributed by atoms with Crippen LogP contribution < -0.4 is 99.7 Å². The van der Waals surface area contributed by atoms with Crippen LogP contribution in [0.25, 0.3) is 0 Å². The van der Waals surface area contributed by atoms with Crippen LogP contribution in [0.3, 0.4) is 0 Å². The molecule has 109 heavy (non-hydrogen) atoms. The van der Waals surface area contributed by atoms with Crippen LogP contribution in [0.2, 0.25) is 0 Å². The molecule has 622 valence electrons. The van der Waals surface area contributed by atoms with Gasteiger partial charge in [0.05, 0.1) is 109 Å². The van der Waals surface area contributed by atoms with E-state index >= 15 is 0 Å². The summed E-state index contributed by atoms with van der Waals surface area (Å²) in [4.78, 5) is 25.2. The summed E-state index contributed by atoms with van der Waals surface area (Å²) >= 11 is 0. The van der Waals surface area contributed by atoms with E-state index in [0.29, 0.717) is 68.6 Å². The van der Waals surface area contributed by atoms with E-state index in [-0.39, 0.29) is 252 Å². The zero-order chi connectivity index (χ0) is 80.6. The molecular weight excluding hydrogens is 1540 g/mol. The van der Waals surface area contributed by atoms with Crippen molar-refractivity contribution in [2.75, 3.05) is 83.3 Å². The first-order valence-electron chi connectivity index (χ1n) is 38.3. The first kappa shape index (κ1) is 109. The van der Waals surface area contributed by atoms with E-state index in [1.807, 2.05) is 13.8 Å². The Bertz CT molecular complexity index is 3260. The molecule has 0 aliphatic heterocycles. The zero-order valence-corrected chi connectivity index (χ0v) is 76.5. The standard InChI is InChI=1S/C28H48FNO7S.C24H40O5.C10H14O3S.C4H10FNO3S.2C3H7F.C2H7NO3S.3Na/c1-17(4-7-25(34)30(11-10-29)12-13-38(35,36)37)20-5-6-21-26-22(16-24(33)28(20,21)3)27(2)9-8-19(31)14-18(27)15-23(26)32;1-13(4-7-21(28)29)16-5-6-17-22-18(12-20(27)24(16,17)3)23(2)9-8-15(25)10-14(23)11-19(22)26;1-3-8-13-14(11,12)10-6-4-9(2)5-7-10;5-1-2-6-3-4-10(7,8)9;2*1-2-3-4;3-1-2-7(4,5)6;;;/h17-24,26,31-33H,4-16H2,1-3H3,(H,35,36,37);13-20,22,25-27H,4-12H2,1-3H3,(H,28,29);4-7H,3,8H2,1-2H3;6H,1-4H2,(H,7,8,9);2*2-3H2,1H3;1-3H2,(H,4,5,6);;;/q;;;;;;;3*+1/p-3/t17-,18?,19-,20-,21?,22?,23-,24+,26?,27+,28-;13-,14?,15?,16-,17?,18?,19?,20?,22?,23+,24-;;;;;;;;/m11......../s1/i29-1;;;5-1;2*4-1;;;;. The molecule has 0 bridgehead atoms. The third kappa shape index (κ3) is 32.0. The van der Waals surface area contributed by atoms with Crippen molar-refractivity contribution in [3.63, 3.8) is 0 Å². The van der Waals surface area contributed by atoms with Crippen molar-refractivity contribution in [3.8, 4) is 0 Å². The number of aliphatic hydroxyl groups excluding tert-OH is 6. The number of nitrogens with two attached hydrogens (primary N) is 1. The van der Waals surface area contributed by atoms with Crippen LogP contribution in [-0.2, 0) is 54.2 Å². The number of alkyl halides is 4. The average molecular weight is 1670 g/mol. The molecule has 1 aromatic rings. The van der Waals surface area contributed by atoms with E-state index in [2.05, 4.69) is 46.9 Å². The molecule has 35 heteroatoms. The van der Waals surface area contributed by atoms with Crippen molar-refractivity contribution in [2.45, 2.75) is 246 Å². The Morgan fingerprint density at radius 2 is 0.982 bits per heavy atom. The molecule has 0 spiro atoms. The van der Waals surface area contributed by atoms with E-state index in [1.165, 1.54) is 0 Å². The Kier molecular flexibility index (Phi) is 50.4. The fourth-order valence-corrected chi connectivity index (χ4v) is 21.8. The van der Waals surface area contributed by atoms with Gasteiger partial charge in [0.1, 0.15) is 13.3 Å². The fourth-order valence-electron chi connectivity index (χ4n) is 19.7. The number of carboxylic acid groups (broad SMARTS) is 1. The smallest absolute Gasteiger partial charge is 0.748 e. The Hall–Kier alpha value is 0.200. The number of fused-ring (bicyclic) bond motifs is 10. The quantitative estimate of drug-likeness (QED) is 0.0187. The number of carboxylic acids is 1. The SMILES string of the molecule is CCCOS(=O)(=O)c1ccc(C)cc1.CCC[18F].CCC[18F].C[C@H](CCC(=O)N(CC[18F])CCS(=O)(=O)[O-])[C@H]1CCC2C3C(C[C@H](O)[C@@]21C)[C@@]1(C)CC[C@@H](O)CC1C[C@H]3O.C[C@H](CCC(=O)O)[C@H]1CCC2C3C(O)CC4CC(O)CC[C@]4(C)C3CC(O)[C@@]21C.NCCS(=O)(=O)[O-].O=S(=O)([O-])CCNCC[18F].[Na+].[Na+].[Na+]. The van der Waals surface area contributed by atoms with Gasteiger partial charge >= 0.3 is 94.6 Å². The van der Waals surface area contributed by atoms with Crippen molar-refractivity contribution in [2.24, 2.45) is 98.4 Å². The Morgan fingerprint density at radius 3 is 1.33 bits per heavy atom. The van der Waals surface area contributed by atoms with Crippen molar-refractivity contribution in [1.29, 1.82) is 0 Å². The van der Waals surface area contributed by atoms with Gasteiger partial charge in [-0.3, -0.25) is 22.6 Å². The molecule has 0 aromatic heterocycles. The minimum Gasteiger partial charge on any atom is -0.748 e. The summed E-state index contributed by atoms with van der Waals surface area (Å²) in [6.07, 6.45) is 13.0. The van der Waals surface area contributed by atoms with Crippen LogP contribution >= 0.6 is 0 Å². The third-order valence-corrected chi connectivity index (χ3v) is 28.7. The number of aliphatic hydroxyl groups is 6. The molecule has 8 aliphatic rings.